The third kappa shape index (κ3) is 4.60. The van der Waals surface area contributed by atoms with Gasteiger partial charge in [0.1, 0.15) is 24.2 Å². The molecule has 0 radical (unpaired) electrons. The lowest BCUT2D eigenvalue weighted by Crippen LogP contribution is -2.50. The minimum atomic E-state index is -0.801. The van der Waals surface area contributed by atoms with E-state index >= 15 is 0 Å². The fraction of sp³-hybridized carbons (Fsp3) is 0.207. The van der Waals surface area contributed by atoms with E-state index in [4.69, 9.17) is 4.74 Å². The molecular formula is C29H28N4O3. The normalized spacial score (nSPS) is 16.7. The minimum absolute atomic E-state index is 0.277. The van der Waals surface area contributed by atoms with E-state index in [-0.39, 0.29) is 11.8 Å². The molecule has 2 heterocycles. The number of aryl methyl sites for hydroxylation is 3. The van der Waals surface area contributed by atoms with Gasteiger partial charge >= 0.3 is 0 Å². The van der Waals surface area contributed by atoms with Crippen molar-refractivity contribution in [2.75, 3.05) is 5.32 Å². The lowest BCUT2D eigenvalue weighted by Gasteiger charge is -2.32. The zero-order valence-corrected chi connectivity index (χ0v) is 20.5. The zero-order chi connectivity index (χ0) is 25.2. The number of amides is 2. The monoisotopic (exact) mass is 480 g/mol. The number of nitrogens with one attached hydrogen (secondary N) is 2. The SMILES string of the molecule is Cc1cccc(C(=O)N[C@@H]2C(=O)Nc3c(c(C)nn3C)[C@H]2c2ccc(OCc3ccccc3)cc2)c1. The van der Waals surface area contributed by atoms with Gasteiger partial charge in [-0.2, -0.15) is 5.10 Å². The third-order valence-electron chi connectivity index (χ3n) is 6.49. The number of fused-ring (bicyclic) bond motifs is 1. The molecule has 4 aromatic rings. The molecule has 3 aromatic carbocycles. The topological polar surface area (TPSA) is 85.3 Å². The lowest BCUT2D eigenvalue weighted by atomic mass is 9.82. The van der Waals surface area contributed by atoms with Crippen LogP contribution in [0.25, 0.3) is 0 Å². The largest absolute Gasteiger partial charge is 0.489 e. The number of nitrogens with zero attached hydrogens (tertiary/aromatic N) is 2. The van der Waals surface area contributed by atoms with E-state index in [9.17, 15) is 9.59 Å². The molecule has 0 saturated carbocycles. The highest BCUT2D eigenvalue weighted by atomic mass is 16.5. The summed E-state index contributed by atoms with van der Waals surface area (Å²) in [5.41, 5.74) is 5.16. The number of benzene rings is 3. The summed E-state index contributed by atoms with van der Waals surface area (Å²) in [5.74, 6) is 0.399. The van der Waals surface area contributed by atoms with Crippen molar-refractivity contribution >= 4 is 17.6 Å². The minimum Gasteiger partial charge on any atom is -0.489 e. The van der Waals surface area contributed by atoms with Gasteiger partial charge in [0.25, 0.3) is 5.91 Å². The Hall–Kier alpha value is -4.39. The van der Waals surface area contributed by atoms with Crippen LogP contribution in [0.1, 0.15) is 44.2 Å². The van der Waals surface area contributed by atoms with E-state index in [2.05, 4.69) is 15.7 Å². The van der Waals surface area contributed by atoms with Gasteiger partial charge in [-0.15, -0.1) is 0 Å². The Morgan fingerprint density at radius 2 is 1.78 bits per heavy atom. The molecular weight excluding hydrogens is 452 g/mol. The van der Waals surface area contributed by atoms with E-state index < -0.39 is 12.0 Å². The molecule has 0 saturated heterocycles. The number of aromatic nitrogens is 2. The van der Waals surface area contributed by atoms with Gasteiger partial charge in [0.2, 0.25) is 5.91 Å². The summed E-state index contributed by atoms with van der Waals surface area (Å²) in [6.45, 7) is 4.31. The van der Waals surface area contributed by atoms with Gasteiger partial charge in [-0.05, 0) is 49.2 Å². The maximum absolute atomic E-state index is 13.3. The molecule has 7 nitrogen and oxygen atoms in total. The van der Waals surface area contributed by atoms with Crippen LogP contribution in [0.2, 0.25) is 0 Å². The number of hydrogen-bond acceptors (Lipinski definition) is 4. The number of carbonyl (C=O) groups excluding carboxylic acids is 2. The summed E-state index contributed by atoms with van der Waals surface area (Å²) < 4.78 is 7.62. The van der Waals surface area contributed by atoms with Crippen LogP contribution in [-0.4, -0.2) is 27.6 Å². The molecule has 1 aliphatic rings. The van der Waals surface area contributed by atoms with E-state index in [1.807, 2.05) is 86.6 Å². The van der Waals surface area contributed by atoms with Gasteiger partial charge in [-0.3, -0.25) is 14.3 Å². The predicted octanol–water partition coefficient (Wildman–Crippen LogP) is 4.50. The quantitative estimate of drug-likeness (QED) is 0.426. The molecule has 0 spiro atoms. The molecule has 0 fully saturated rings. The summed E-state index contributed by atoms with van der Waals surface area (Å²) in [6.07, 6.45) is 0. The van der Waals surface area contributed by atoms with Crippen LogP contribution in [0.3, 0.4) is 0 Å². The second-order valence-corrected chi connectivity index (χ2v) is 9.10. The van der Waals surface area contributed by atoms with Crippen LogP contribution in [-0.2, 0) is 18.4 Å². The average Bonchev–Trinajstić information content (AvgIpc) is 3.16. The first-order chi connectivity index (χ1) is 17.4. The number of carbonyl (C=O) groups is 2. The van der Waals surface area contributed by atoms with Crippen LogP contribution in [0, 0.1) is 13.8 Å². The van der Waals surface area contributed by atoms with Crippen molar-refractivity contribution in [2.45, 2.75) is 32.4 Å². The predicted molar refractivity (Wildman–Crippen MR) is 138 cm³/mol. The lowest BCUT2D eigenvalue weighted by molar-refractivity contribution is -0.118. The summed E-state index contributed by atoms with van der Waals surface area (Å²) in [7, 11) is 1.80. The number of hydrogen-bond donors (Lipinski definition) is 2. The number of anilines is 1. The highest BCUT2D eigenvalue weighted by Gasteiger charge is 2.41. The van der Waals surface area contributed by atoms with Crippen LogP contribution in [0.15, 0.2) is 78.9 Å². The summed E-state index contributed by atoms with van der Waals surface area (Å²) in [5, 5.41) is 10.5. The van der Waals surface area contributed by atoms with Crippen molar-refractivity contribution in [1.82, 2.24) is 15.1 Å². The Labute approximate surface area is 210 Å². The molecule has 2 amide bonds. The van der Waals surface area contributed by atoms with Crippen molar-refractivity contribution in [3.05, 3.63) is 112 Å². The molecule has 0 aliphatic carbocycles. The standard InChI is InChI=1S/C29H28N4O3/c1-18-8-7-11-22(16-18)28(34)30-26-25(24-19(2)32-33(3)27(24)31-29(26)35)21-12-14-23(15-13-21)36-17-20-9-5-4-6-10-20/h4-16,25-26H,17H2,1-3H3,(H,30,34)(H,31,35)/t25-,26+/m1/s1. The molecule has 182 valence electrons. The maximum atomic E-state index is 13.3. The molecule has 0 unspecified atom stereocenters. The van der Waals surface area contributed by atoms with Crippen molar-refractivity contribution in [2.24, 2.45) is 7.05 Å². The van der Waals surface area contributed by atoms with Gasteiger partial charge in [-0.1, -0.05) is 60.2 Å². The van der Waals surface area contributed by atoms with Crippen molar-refractivity contribution < 1.29 is 14.3 Å². The fourth-order valence-corrected chi connectivity index (χ4v) is 4.74. The van der Waals surface area contributed by atoms with E-state index in [1.165, 1.54) is 0 Å². The Balaban J connectivity index is 1.45. The van der Waals surface area contributed by atoms with Gasteiger partial charge in [0, 0.05) is 24.1 Å². The Kier molecular flexibility index (Phi) is 6.29. The van der Waals surface area contributed by atoms with Gasteiger partial charge in [0.15, 0.2) is 0 Å². The molecule has 2 N–H and O–H groups in total. The fourth-order valence-electron chi connectivity index (χ4n) is 4.74. The first kappa shape index (κ1) is 23.4. The highest BCUT2D eigenvalue weighted by molar-refractivity contribution is 6.04. The maximum Gasteiger partial charge on any atom is 0.251 e. The van der Waals surface area contributed by atoms with Crippen LogP contribution in [0.4, 0.5) is 5.82 Å². The molecule has 1 aromatic heterocycles. The van der Waals surface area contributed by atoms with Crippen molar-refractivity contribution in [3.63, 3.8) is 0 Å². The van der Waals surface area contributed by atoms with Crippen molar-refractivity contribution in [3.8, 4) is 5.75 Å². The van der Waals surface area contributed by atoms with Crippen LogP contribution in [0.5, 0.6) is 5.75 Å². The molecule has 7 heteroatoms. The molecule has 5 rings (SSSR count). The molecule has 1 aliphatic heterocycles. The first-order valence-corrected chi connectivity index (χ1v) is 11.9. The smallest absolute Gasteiger partial charge is 0.251 e. The molecule has 0 bridgehead atoms. The Bertz CT molecular complexity index is 1410. The van der Waals surface area contributed by atoms with E-state index in [1.54, 1.807) is 17.8 Å². The Morgan fingerprint density at radius 3 is 2.50 bits per heavy atom. The van der Waals surface area contributed by atoms with E-state index in [0.29, 0.717) is 18.0 Å². The van der Waals surface area contributed by atoms with Crippen LogP contribution < -0.4 is 15.4 Å². The van der Waals surface area contributed by atoms with Crippen LogP contribution >= 0.6 is 0 Å². The Morgan fingerprint density at radius 1 is 1.03 bits per heavy atom. The molecule has 2 atom stereocenters. The van der Waals surface area contributed by atoms with Crippen molar-refractivity contribution in [1.29, 1.82) is 0 Å². The van der Waals surface area contributed by atoms with Gasteiger partial charge in [-0.25, -0.2) is 0 Å². The highest BCUT2D eigenvalue weighted by Crippen LogP contribution is 2.39. The second-order valence-electron chi connectivity index (χ2n) is 9.10. The van der Waals surface area contributed by atoms with E-state index in [0.717, 1.165) is 33.7 Å². The zero-order valence-electron chi connectivity index (χ0n) is 20.5. The number of ether oxygens (including phenoxy) is 1. The average molecular weight is 481 g/mol. The molecule has 36 heavy (non-hydrogen) atoms. The number of rotatable bonds is 6. The summed E-state index contributed by atoms with van der Waals surface area (Å²) >= 11 is 0. The van der Waals surface area contributed by atoms with Gasteiger partial charge < -0.3 is 15.4 Å². The first-order valence-electron chi connectivity index (χ1n) is 11.9. The summed E-state index contributed by atoms with van der Waals surface area (Å²) in [4.78, 5) is 26.4. The second kappa shape index (κ2) is 9.70. The van der Waals surface area contributed by atoms with Gasteiger partial charge in [0.05, 0.1) is 5.69 Å². The summed E-state index contributed by atoms with van der Waals surface area (Å²) in [6, 6.07) is 24.2. The third-order valence-corrected chi connectivity index (χ3v) is 6.49.